The number of rotatable bonds is 7. The molecule has 4 aliphatic carbocycles. The Bertz CT molecular complexity index is 748. The highest BCUT2D eigenvalue weighted by Crippen LogP contribution is 2.61. The van der Waals surface area contributed by atoms with E-state index in [2.05, 4.69) is 22.3 Å². The molecule has 5 rings (SSSR count). The molecule has 158 valence electrons. The van der Waals surface area contributed by atoms with Crippen LogP contribution in [-0.2, 0) is 4.79 Å². The van der Waals surface area contributed by atoms with Gasteiger partial charge in [-0.3, -0.25) is 9.59 Å². The maximum absolute atomic E-state index is 12.5. The number of hydrogen-bond donors (Lipinski definition) is 2. The van der Waals surface area contributed by atoms with Gasteiger partial charge in [-0.15, -0.1) is 0 Å². The van der Waals surface area contributed by atoms with Gasteiger partial charge in [0, 0.05) is 6.04 Å². The fraction of sp³-hybridized carbons (Fsp3) is 0.636. The first-order valence-corrected chi connectivity index (χ1v) is 10.5. The van der Waals surface area contributed by atoms with E-state index in [0.29, 0.717) is 0 Å². The summed E-state index contributed by atoms with van der Waals surface area (Å²) in [6, 6.07) is 5.82. The Labute approximate surface area is 169 Å². The zero-order valence-corrected chi connectivity index (χ0v) is 16.6. The molecule has 1 atom stereocenters. The first-order valence-electron chi connectivity index (χ1n) is 10.5. The summed E-state index contributed by atoms with van der Waals surface area (Å²) in [6.07, 6.45) is 7.59. The molecule has 0 heterocycles. The highest BCUT2D eigenvalue weighted by Gasteiger charge is 2.53. The smallest absolute Gasteiger partial charge is 0.387 e. The van der Waals surface area contributed by atoms with E-state index in [9.17, 15) is 18.4 Å². The van der Waals surface area contributed by atoms with E-state index in [4.69, 9.17) is 0 Å². The zero-order valence-electron chi connectivity index (χ0n) is 16.6. The molecule has 0 aliphatic heterocycles. The van der Waals surface area contributed by atoms with Crippen LogP contribution in [0.4, 0.5) is 8.78 Å². The SMILES string of the molecule is C[C@@H](NC(=O)CNC(=O)c1ccccc1OC(F)F)C12CC3CC(CC(C3)C1)C2. The Morgan fingerprint density at radius 2 is 1.69 bits per heavy atom. The van der Waals surface area contributed by atoms with Gasteiger partial charge >= 0.3 is 6.61 Å². The second kappa shape index (κ2) is 7.92. The summed E-state index contributed by atoms with van der Waals surface area (Å²) >= 11 is 0. The van der Waals surface area contributed by atoms with Crippen molar-refractivity contribution in [3.63, 3.8) is 0 Å². The van der Waals surface area contributed by atoms with Gasteiger partial charge in [0.05, 0.1) is 12.1 Å². The van der Waals surface area contributed by atoms with Crippen molar-refractivity contribution in [2.24, 2.45) is 23.2 Å². The quantitative estimate of drug-likeness (QED) is 0.725. The summed E-state index contributed by atoms with van der Waals surface area (Å²) in [5.74, 6) is 1.32. The molecule has 0 aromatic heterocycles. The summed E-state index contributed by atoms with van der Waals surface area (Å²) in [7, 11) is 0. The lowest BCUT2D eigenvalue weighted by atomic mass is 9.48. The van der Waals surface area contributed by atoms with Gasteiger partial charge in [-0.2, -0.15) is 8.78 Å². The number of amides is 2. The number of carbonyl (C=O) groups excluding carboxylic acids is 2. The average molecular weight is 406 g/mol. The van der Waals surface area contributed by atoms with Crippen LogP contribution in [0, 0.1) is 23.2 Å². The standard InChI is InChI=1S/C22H28F2N2O3/c1-13(22-9-14-6-15(10-22)8-16(7-14)11-22)26-19(27)12-25-20(28)17-4-2-3-5-18(17)29-21(23)24/h2-5,13-16,21H,6-12H2,1H3,(H,25,28)(H,26,27)/t13-,14?,15?,16?,22?/m1/s1. The molecule has 2 N–H and O–H groups in total. The fourth-order valence-corrected chi connectivity index (χ4v) is 6.26. The minimum absolute atomic E-state index is 0.0188. The molecule has 0 saturated heterocycles. The maximum atomic E-state index is 12.5. The molecule has 4 bridgehead atoms. The molecule has 0 radical (unpaired) electrons. The van der Waals surface area contributed by atoms with Gasteiger partial charge in [0.25, 0.3) is 5.91 Å². The van der Waals surface area contributed by atoms with Gasteiger partial charge in [-0.1, -0.05) is 12.1 Å². The van der Waals surface area contributed by atoms with E-state index in [1.54, 1.807) is 6.07 Å². The van der Waals surface area contributed by atoms with Crippen LogP contribution in [-0.4, -0.2) is 31.0 Å². The summed E-state index contributed by atoms with van der Waals surface area (Å²) in [4.78, 5) is 24.8. The van der Waals surface area contributed by atoms with Crippen molar-refractivity contribution in [3.8, 4) is 5.75 Å². The lowest BCUT2D eigenvalue weighted by Crippen LogP contribution is -2.56. The summed E-state index contributed by atoms with van der Waals surface area (Å²) in [5, 5.41) is 5.60. The number of halogens is 2. The summed E-state index contributed by atoms with van der Waals surface area (Å²) < 4.78 is 29.4. The van der Waals surface area contributed by atoms with Gasteiger partial charge in [0.2, 0.25) is 5.91 Å². The number of hydrogen-bond acceptors (Lipinski definition) is 3. The van der Waals surface area contributed by atoms with Gasteiger partial charge in [0.15, 0.2) is 0 Å². The van der Waals surface area contributed by atoms with Crippen LogP contribution in [0.1, 0.15) is 55.8 Å². The Balaban J connectivity index is 1.32. The third-order valence-electron chi connectivity index (χ3n) is 7.14. The predicted octanol–water partition coefficient (Wildman–Crippen LogP) is 3.74. The van der Waals surface area contributed by atoms with Crippen LogP contribution in [0.25, 0.3) is 0 Å². The Morgan fingerprint density at radius 1 is 1.10 bits per heavy atom. The highest BCUT2D eigenvalue weighted by molar-refractivity contribution is 5.98. The van der Waals surface area contributed by atoms with Gasteiger partial charge in [-0.25, -0.2) is 0 Å². The van der Waals surface area contributed by atoms with Crippen LogP contribution in [0.15, 0.2) is 24.3 Å². The van der Waals surface area contributed by atoms with Crippen molar-refractivity contribution < 1.29 is 23.1 Å². The topological polar surface area (TPSA) is 67.4 Å². The van der Waals surface area contributed by atoms with E-state index in [1.807, 2.05) is 0 Å². The first kappa shape index (κ1) is 20.1. The molecular weight excluding hydrogens is 378 g/mol. The Morgan fingerprint density at radius 3 is 2.28 bits per heavy atom. The molecule has 0 spiro atoms. The Hall–Kier alpha value is -2.18. The molecule has 2 amide bonds. The van der Waals surface area contributed by atoms with Crippen LogP contribution in [0.3, 0.4) is 0 Å². The maximum Gasteiger partial charge on any atom is 0.387 e. The number of para-hydroxylation sites is 1. The van der Waals surface area contributed by atoms with Crippen LogP contribution in [0.2, 0.25) is 0 Å². The van der Waals surface area contributed by atoms with Crippen molar-refractivity contribution in [1.29, 1.82) is 0 Å². The normalized spacial score (nSPS) is 30.8. The number of ether oxygens (including phenoxy) is 1. The molecule has 5 nitrogen and oxygen atoms in total. The van der Waals surface area contributed by atoms with E-state index in [1.165, 1.54) is 56.7 Å². The molecule has 4 aliphatic rings. The van der Waals surface area contributed by atoms with Crippen molar-refractivity contribution >= 4 is 11.8 Å². The number of carbonyl (C=O) groups is 2. The molecule has 4 fully saturated rings. The van der Waals surface area contributed by atoms with E-state index < -0.39 is 12.5 Å². The highest BCUT2D eigenvalue weighted by atomic mass is 19.3. The summed E-state index contributed by atoms with van der Waals surface area (Å²) in [5.41, 5.74) is 0.168. The van der Waals surface area contributed by atoms with Crippen molar-refractivity contribution in [3.05, 3.63) is 29.8 Å². The monoisotopic (exact) mass is 406 g/mol. The lowest BCUT2D eigenvalue weighted by Gasteiger charge is -2.59. The minimum Gasteiger partial charge on any atom is -0.434 e. The van der Waals surface area contributed by atoms with Crippen LogP contribution in [0.5, 0.6) is 5.75 Å². The largest absolute Gasteiger partial charge is 0.434 e. The van der Waals surface area contributed by atoms with Gasteiger partial charge in [-0.05, 0) is 80.8 Å². The lowest BCUT2D eigenvalue weighted by molar-refractivity contribution is -0.124. The predicted molar refractivity (Wildman–Crippen MR) is 104 cm³/mol. The molecular formula is C22H28F2N2O3. The van der Waals surface area contributed by atoms with E-state index in [-0.39, 0.29) is 35.2 Å². The number of benzene rings is 1. The molecule has 29 heavy (non-hydrogen) atoms. The summed E-state index contributed by atoms with van der Waals surface area (Å²) in [6.45, 7) is -1.13. The van der Waals surface area contributed by atoms with Crippen molar-refractivity contribution in [2.75, 3.05) is 6.54 Å². The zero-order chi connectivity index (χ0) is 20.6. The Kier molecular flexibility index (Phi) is 5.49. The van der Waals surface area contributed by atoms with Gasteiger partial charge < -0.3 is 15.4 Å². The van der Waals surface area contributed by atoms with Crippen LogP contribution < -0.4 is 15.4 Å². The first-order chi connectivity index (χ1) is 13.8. The second-order valence-corrected chi connectivity index (χ2v) is 9.13. The molecule has 0 unspecified atom stereocenters. The third kappa shape index (κ3) is 4.23. The number of alkyl halides is 2. The fourth-order valence-electron chi connectivity index (χ4n) is 6.26. The minimum atomic E-state index is -3.02. The van der Waals surface area contributed by atoms with E-state index in [0.717, 1.165) is 17.8 Å². The second-order valence-electron chi connectivity index (χ2n) is 9.13. The molecule has 1 aromatic rings. The molecule has 4 saturated carbocycles. The van der Waals surface area contributed by atoms with Crippen molar-refractivity contribution in [2.45, 2.75) is 58.1 Å². The average Bonchev–Trinajstić information content (AvgIpc) is 2.65. The molecule has 7 heteroatoms. The van der Waals surface area contributed by atoms with Crippen LogP contribution >= 0.6 is 0 Å². The van der Waals surface area contributed by atoms with Gasteiger partial charge in [0.1, 0.15) is 5.75 Å². The molecule has 1 aromatic carbocycles. The van der Waals surface area contributed by atoms with E-state index >= 15 is 0 Å². The number of nitrogens with one attached hydrogen (secondary N) is 2. The van der Waals surface area contributed by atoms with Crippen molar-refractivity contribution in [1.82, 2.24) is 10.6 Å². The third-order valence-corrected chi connectivity index (χ3v) is 7.14.